The first-order valence-corrected chi connectivity index (χ1v) is 7.84. The zero-order chi connectivity index (χ0) is 15.2. The predicted octanol–water partition coefficient (Wildman–Crippen LogP) is 3.50. The number of thioether (sulfide) groups is 1. The molecule has 0 saturated heterocycles. The summed E-state index contributed by atoms with van der Waals surface area (Å²) >= 11 is 1.78. The maximum atomic E-state index is 10.6. The van der Waals surface area contributed by atoms with Crippen LogP contribution in [0.3, 0.4) is 0 Å². The van der Waals surface area contributed by atoms with E-state index < -0.39 is 5.97 Å². The van der Waals surface area contributed by atoms with Crippen molar-refractivity contribution in [2.75, 3.05) is 5.75 Å². The zero-order valence-electron chi connectivity index (χ0n) is 12.1. The molecule has 21 heavy (non-hydrogen) atoms. The number of hydrogen-bond acceptors (Lipinski definition) is 5. The van der Waals surface area contributed by atoms with Gasteiger partial charge in [-0.1, -0.05) is 19.0 Å². The van der Waals surface area contributed by atoms with Crippen LogP contribution in [0.1, 0.15) is 26.2 Å². The largest absolute Gasteiger partial charge is 0.481 e. The van der Waals surface area contributed by atoms with Gasteiger partial charge in [0.05, 0.1) is 0 Å². The van der Waals surface area contributed by atoms with Gasteiger partial charge in [0.2, 0.25) is 11.7 Å². The van der Waals surface area contributed by atoms with Crippen LogP contribution in [0.15, 0.2) is 33.7 Å². The molecule has 0 radical (unpaired) electrons. The van der Waals surface area contributed by atoms with Gasteiger partial charge in [0.1, 0.15) is 0 Å². The molecule has 1 unspecified atom stereocenters. The monoisotopic (exact) mass is 306 g/mol. The molecule has 0 saturated carbocycles. The maximum Gasteiger partial charge on any atom is 0.303 e. The number of benzene rings is 1. The first-order chi connectivity index (χ1) is 10.1. The van der Waals surface area contributed by atoms with E-state index in [0.29, 0.717) is 18.1 Å². The molecule has 1 N–H and O–H groups in total. The van der Waals surface area contributed by atoms with Crippen molar-refractivity contribution in [3.05, 3.63) is 30.2 Å². The van der Waals surface area contributed by atoms with Gasteiger partial charge in [-0.25, -0.2) is 0 Å². The summed E-state index contributed by atoms with van der Waals surface area (Å²) in [5, 5.41) is 12.7. The van der Waals surface area contributed by atoms with Crippen LogP contribution in [0, 0.1) is 5.92 Å². The summed E-state index contributed by atoms with van der Waals surface area (Å²) in [7, 11) is 0. The summed E-state index contributed by atoms with van der Waals surface area (Å²) in [6.07, 6.45) is 0.573. The van der Waals surface area contributed by atoms with Gasteiger partial charge >= 0.3 is 5.97 Å². The molecule has 0 aliphatic rings. The Morgan fingerprint density at radius 3 is 2.71 bits per heavy atom. The minimum Gasteiger partial charge on any atom is -0.481 e. The van der Waals surface area contributed by atoms with E-state index in [2.05, 4.69) is 17.1 Å². The average Bonchev–Trinajstić information content (AvgIpc) is 2.87. The third kappa shape index (κ3) is 4.60. The Morgan fingerprint density at radius 1 is 1.38 bits per heavy atom. The molecule has 5 nitrogen and oxygen atoms in total. The van der Waals surface area contributed by atoms with E-state index in [9.17, 15) is 4.79 Å². The average molecular weight is 306 g/mol. The van der Waals surface area contributed by atoms with Crippen LogP contribution < -0.4 is 0 Å². The molecule has 0 aliphatic heterocycles. The first-order valence-electron chi connectivity index (χ1n) is 6.86. The van der Waals surface area contributed by atoms with Gasteiger partial charge in [-0.05, 0) is 35.9 Å². The number of carboxylic acids is 1. The van der Waals surface area contributed by atoms with Crippen LogP contribution in [0.4, 0.5) is 0 Å². The fourth-order valence-electron chi connectivity index (χ4n) is 1.99. The second-order valence-electron chi connectivity index (χ2n) is 4.88. The van der Waals surface area contributed by atoms with Crippen molar-refractivity contribution in [2.45, 2.75) is 31.6 Å². The van der Waals surface area contributed by atoms with Crippen molar-refractivity contribution in [2.24, 2.45) is 5.92 Å². The van der Waals surface area contributed by atoms with Crippen molar-refractivity contribution in [1.29, 1.82) is 0 Å². The van der Waals surface area contributed by atoms with Crippen molar-refractivity contribution >= 4 is 17.7 Å². The second-order valence-corrected chi connectivity index (χ2v) is 6.21. The highest BCUT2D eigenvalue weighted by Gasteiger charge is 2.14. The van der Waals surface area contributed by atoms with Crippen LogP contribution in [0.5, 0.6) is 0 Å². The molecular weight excluding hydrogens is 288 g/mol. The molecule has 1 aromatic heterocycles. The van der Waals surface area contributed by atoms with E-state index in [1.807, 2.05) is 31.2 Å². The maximum absolute atomic E-state index is 10.6. The van der Waals surface area contributed by atoms with Crippen LogP contribution in [0.2, 0.25) is 0 Å². The van der Waals surface area contributed by atoms with Gasteiger partial charge < -0.3 is 9.63 Å². The Labute approximate surface area is 127 Å². The quantitative estimate of drug-likeness (QED) is 0.789. The van der Waals surface area contributed by atoms with Crippen molar-refractivity contribution in [3.8, 4) is 11.4 Å². The van der Waals surface area contributed by atoms with Gasteiger partial charge in [0.25, 0.3) is 0 Å². The van der Waals surface area contributed by atoms with Crippen LogP contribution in [-0.2, 0) is 11.2 Å². The van der Waals surface area contributed by atoms with Gasteiger partial charge in [0, 0.05) is 23.3 Å². The third-order valence-electron chi connectivity index (χ3n) is 2.94. The van der Waals surface area contributed by atoms with E-state index >= 15 is 0 Å². The lowest BCUT2D eigenvalue weighted by Gasteiger charge is -2.03. The predicted molar refractivity (Wildman–Crippen MR) is 81.3 cm³/mol. The molecule has 0 aliphatic carbocycles. The zero-order valence-corrected chi connectivity index (χ0v) is 12.9. The molecule has 1 atom stereocenters. The molecule has 0 amide bonds. The lowest BCUT2D eigenvalue weighted by atomic mass is 10.0. The highest BCUT2D eigenvalue weighted by atomic mass is 32.2. The highest BCUT2D eigenvalue weighted by Crippen LogP contribution is 2.23. The fraction of sp³-hybridized carbons (Fsp3) is 0.400. The Morgan fingerprint density at radius 2 is 2.10 bits per heavy atom. The Balaban J connectivity index is 2.03. The third-order valence-corrected chi connectivity index (χ3v) is 3.83. The van der Waals surface area contributed by atoms with Gasteiger partial charge in [-0.2, -0.15) is 4.98 Å². The molecule has 1 heterocycles. The smallest absolute Gasteiger partial charge is 0.303 e. The minimum absolute atomic E-state index is 0.0286. The molecule has 1 aromatic carbocycles. The SMILES string of the molecule is CCSc1ccc(-c2noc(CC(C)CC(=O)O)n2)cc1. The lowest BCUT2D eigenvalue weighted by molar-refractivity contribution is -0.137. The normalized spacial score (nSPS) is 12.3. The van der Waals surface area contributed by atoms with Gasteiger partial charge in [-0.3, -0.25) is 4.79 Å². The summed E-state index contributed by atoms with van der Waals surface area (Å²) in [6, 6.07) is 8.00. The minimum atomic E-state index is -0.814. The van der Waals surface area contributed by atoms with Crippen LogP contribution in [-0.4, -0.2) is 27.0 Å². The summed E-state index contributed by atoms with van der Waals surface area (Å²) in [6.45, 7) is 3.97. The number of aliphatic carboxylic acids is 1. The highest BCUT2D eigenvalue weighted by molar-refractivity contribution is 7.99. The molecule has 0 spiro atoms. The topological polar surface area (TPSA) is 76.2 Å². The Bertz CT molecular complexity index is 595. The summed E-state index contributed by atoms with van der Waals surface area (Å²) < 4.78 is 5.19. The summed E-state index contributed by atoms with van der Waals surface area (Å²) in [4.78, 5) is 16.2. The molecule has 0 fully saturated rings. The van der Waals surface area contributed by atoms with E-state index in [4.69, 9.17) is 9.63 Å². The van der Waals surface area contributed by atoms with Crippen molar-refractivity contribution in [1.82, 2.24) is 10.1 Å². The van der Waals surface area contributed by atoms with Crippen LogP contribution >= 0.6 is 11.8 Å². The molecule has 112 valence electrons. The van der Waals surface area contributed by atoms with Gasteiger partial charge in [0.15, 0.2) is 0 Å². The number of hydrogen-bond donors (Lipinski definition) is 1. The van der Waals surface area contributed by atoms with Crippen molar-refractivity contribution < 1.29 is 14.4 Å². The molecule has 2 rings (SSSR count). The molecule has 6 heteroatoms. The number of carbonyl (C=O) groups is 1. The number of carboxylic acid groups (broad SMARTS) is 1. The molecular formula is C15H18N2O3S. The fourth-order valence-corrected chi connectivity index (χ4v) is 2.65. The Hall–Kier alpha value is -1.82. The second kappa shape index (κ2) is 7.26. The lowest BCUT2D eigenvalue weighted by Crippen LogP contribution is -2.07. The summed E-state index contributed by atoms with van der Waals surface area (Å²) in [5.74, 6) is 1.21. The summed E-state index contributed by atoms with van der Waals surface area (Å²) in [5.41, 5.74) is 0.899. The van der Waals surface area contributed by atoms with Gasteiger partial charge in [-0.15, -0.1) is 11.8 Å². The van der Waals surface area contributed by atoms with E-state index in [1.54, 1.807) is 11.8 Å². The molecule has 2 aromatic rings. The van der Waals surface area contributed by atoms with Crippen molar-refractivity contribution in [3.63, 3.8) is 0 Å². The first kappa shape index (κ1) is 15.6. The number of rotatable bonds is 7. The standard InChI is InChI=1S/C15H18N2O3S/c1-3-21-12-6-4-11(5-7-12)15-16-13(20-17-15)8-10(2)9-14(18)19/h4-7,10H,3,8-9H2,1-2H3,(H,18,19). The number of nitrogens with zero attached hydrogens (tertiary/aromatic N) is 2. The van der Waals surface area contributed by atoms with E-state index in [1.165, 1.54) is 4.90 Å². The van der Waals surface area contributed by atoms with Crippen LogP contribution in [0.25, 0.3) is 11.4 Å². The van der Waals surface area contributed by atoms with E-state index in [0.717, 1.165) is 11.3 Å². The Kier molecular flexibility index (Phi) is 5.38. The number of aromatic nitrogens is 2. The van der Waals surface area contributed by atoms with E-state index in [-0.39, 0.29) is 12.3 Å². The molecule has 0 bridgehead atoms.